The number of hydrogen-bond donors (Lipinski definition) is 1. The zero-order valence-corrected chi connectivity index (χ0v) is 15.2. The predicted molar refractivity (Wildman–Crippen MR) is 97.5 cm³/mol. The summed E-state index contributed by atoms with van der Waals surface area (Å²) in [5.74, 6) is 2.51. The van der Waals surface area contributed by atoms with Crippen molar-refractivity contribution in [2.24, 2.45) is 5.92 Å². The van der Waals surface area contributed by atoms with E-state index in [1.165, 1.54) is 5.56 Å². The van der Waals surface area contributed by atoms with Gasteiger partial charge in [-0.15, -0.1) is 0 Å². The first-order valence-corrected chi connectivity index (χ1v) is 9.00. The molecule has 0 unspecified atom stereocenters. The SMILES string of the molecule is Cc1nc2n(n1)[C@@H](c1ccc(C(C)C)cc1)C1=C(C[C@H](C)CC1=O)N2. The molecule has 25 heavy (non-hydrogen) atoms. The normalized spacial score (nSPS) is 22.7. The maximum Gasteiger partial charge on any atom is 0.226 e. The second-order valence-electron chi connectivity index (χ2n) is 7.60. The van der Waals surface area contributed by atoms with Crippen LogP contribution < -0.4 is 5.32 Å². The van der Waals surface area contributed by atoms with Crippen molar-refractivity contribution in [3.05, 3.63) is 52.5 Å². The van der Waals surface area contributed by atoms with Gasteiger partial charge >= 0.3 is 0 Å². The number of fused-ring (bicyclic) bond motifs is 1. The third kappa shape index (κ3) is 2.68. The van der Waals surface area contributed by atoms with Crippen LogP contribution in [-0.4, -0.2) is 20.5 Å². The van der Waals surface area contributed by atoms with Crippen LogP contribution in [0.1, 0.15) is 62.5 Å². The van der Waals surface area contributed by atoms with E-state index in [2.05, 4.69) is 60.4 Å². The van der Waals surface area contributed by atoms with Crippen LogP contribution in [0.2, 0.25) is 0 Å². The number of aromatic nitrogens is 3. The van der Waals surface area contributed by atoms with Crippen LogP contribution in [0.3, 0.4) is 0 Å². The Morgan fingerprint density at radius 1 is 1.20 bits per heavy atom. The smallest absolute Gasteiger partial charge is 0.226 e. The molecule has 0 saturated carbocycles. The molecule has 0 fully saturated rings. The maximum absolute atomic E-state index is 12.9. The van der Waals surface area contributed by atoms with Gasteiger partial charge in [0.15, 0.2) is 5.78 Å². The molecule has 1 N–H and O–H groups in total. The lowest BCUT2D eigenvalue weighted by Gasteiger charge is -2.34. The van der Waals surface area contributed by atoms with Gasteiger partial charge in [-0.25, -0.2) is 4.68 Å². The van der Waals surface area contributed by atoms with Gasteiger partial charge in [-0.3, -0.25) is 4.79 Å². The quantitative estimate of drug-likeness (QED) is 0.901. The predicted octanol–water partition coefficient (Wildman–Crippen LogP) is 3.98. The first-order valence-electron chi connectivity index (χ1n) is 9.00. The lowest BCUT2D eigenvalue weighted by Crippen LogP contribution is -2.33. The third-order valence-electron chi connectivity index (χ3n) is 5.15. The fraction of sp³-hybridized carbons (Fsp3) is 0.450. The van der Waals surface area contributed by atoms with Crippen LogP contribution in [0, 0.1) is 12.8 Å². The molecule has 2 aliphatic rings. The van der Waals surface area contributed by atoms with Crippen molar-refractivity contribution < 1.29 is 4.79 Å². The molecule has 1 aromatic heterocycles. The minimum Gasteiger partial charge on any atom is -0.328 e. The van der Waals surface area contributed by atoms with Crippen molar-refractivity contribution in [2.75, 3.05) is 5.32 Å². The van der Waals surface area contributed by atoms with E-state index in [1.54, 1.807) is 0 Å². The van der Waals surface area contributed by atoms with E-state index in [0.717, 1.165) is 29.2 Å². The zero-order valence-electron chi connectivity index (χ0n) is 15.2. The molecular weight excluding hydrogens is 312 g/mol. The number of carbonyl (C=O) groups excluding carboxylic acids is 1. The van der Waals surface area contributed by atoms with E-state index in [0.29, 0.717) is 24.1 Å². The highest BCUT2D eigenvalue weighted by atomic mass is 16.1. The Morgan fingerprint density at radius 2 is 1.92 bits per heavy atom. The Morgan fingerprint density at radius 3 is 2.60 bits per heavy atom. The molecule has 1 aromatic carbocycles. The second kappa shape index (κ2) is 5.83. The van der Waals surface area contributed by atoms with Crippen LogP contribution in [0.5, 0.6) is 0 Å². The van der Waals surface area contributed by atoms with Gasteiger partial charge in [0.2, 0.25) is 5.95 Å². The van der Waals surface area contributed by atoms with Crippen LogP contribution in [0.4, 0.5) is 5.95 Å². The number of anilines is 1. The van der Waals surface area contributed by atoms with Crippen molar-refractivity contribution in [3.8, 4) is 0 Å². The van der Waals surface area contributed by atoms with Crippen LogP contribution in [0.25, 0.3) is 0 Å². The monoisotopic (exact) mass is 336 g/mol. The summed E-state index contributed by atoms with van der Waals surface area (Å²) in [5, 5.41) is 7.93. The second-order valence-corrected chi connectivity index (χ2v) is 7.60. The number of allylic oxidation sites excluding steroid dienone is 2. The standard InChI is InChI=1S/C20H24N4O/c1-11(2)14-5-7-15(8-6-14)19-18-16(9-12(3)10-17(18)25)22-20-21-13(4)23-24(19)20/h5-8,11-12,19H,9-10H2,1-4H3,(H,21,22,23)/t12-,19-/m0/s1. The van der Waals surface area contributed by atoms with Gasteiger partial charge in [-0.2, -0.15) is 10.1 Å². The summed E-state index contributed by atoms with van der Waals surface area (Å²) in [6.07, 6.45) is 1.48. The van der Waals surface area contributed by atoms with E-state index >= 15 is 0 Å². The van der Waals surface area contributed by atoms with Gasteiger partial charge in [-0.1, -0.05) is 45.0 Å². The number of nitrogens with zero attached hydrogens (tertiary/aromatic N) is 3. The van der Waals surface area contributed by atoms with Gasteiger partial charge in [-0.05, 0) is 36.3 Å². The highest BCUT2D eigenvalue weighted by Gasteiger charge is 2.38. The highest BCUT2D eigenvalue weighted by Crippen LogP contribution is 2.41. The fourth-order valence-corrected chi connectivity index (χ4v) is 3.88. The molecule has 2 atom stereocenters. The van der Waals surface area contributed by atoms with Crippen molar-refractivity contribution in [1.82, 2.24) is 14.8 Å². The molecular formula is C20H24N4O. The number of carbonyl (C=O) groups is 1. The average Bonchev–Trinajstić information content (AvgIpc) is 2.92. The minimum absolute atomic E-state index is 0.186. The Labute approximate surface area is 148 Å². The largest absolute Gasteiger partial charge is 0.328 e. The molecule has 2 heterocycles. The minimum atomic E-state index is -0.186. The van der Waals surface area contributed by atoms with Gasteiger partial charge in [0.1, 0.15) is 11.9 Å². The average molecular weight is 336 g/mol. The summed E-state index contributed by atoms with van der Waals surface area (Å²) in [5.41, 5.74) is 4.26. The van der Waals surface area contributed by atoms with E-state index in [4.69, 9.17) is 0 Å². The maximum atomic E-state index is 12.9. The number of nitrogens with one attached hydrogen (secondary N) is 1. The number of ketones is 1. The first-order chi connectivity index (χ1) is 11.9. The van der Waals surface area contributed by atoms with Gasteiger partial charge in [0, 0.05) is 17.7 Å². The van der Waals surface area contributed by atoms with Crippen molar-refractivity contribution in [1.29, 1.82) is 0 Å². The zero-order chi connectivity index (χ0) is 17.7. The molecule has 0 amide bonds. The molecule has 4 rings (SSSR count). The van der Waals surface area contributed by atoms with Crippen molar-refractivity contribution in [2.45, 2.75) is 52.5 Å². The van der Waals surface area contributed by atoms with Crippen molar-refractivity contribution >= 4 is 11.7 Å². The Bertz CT molecular complexity index is 860. The molecule has 0 radical (unpaired) electrons. The fourth-order valence-electron chi connectivity index (χ4n) is 3.88. The van der Waals surface area contributed by atoms with Crippen LogP contribution in [-0.2, 0) is 4.79 Å². The summed E-state index contributed by atoms with van der Waals surface area (Å²) < 4.78 is 1.87. The van der Waals surface area contributed by atoms with E-state index < -0.39 is 0 Å². The number of Topliss-reactive ketones (excluding diaryl/α,β-unsaturated/α-hetero) is 1. The summed E-state index contributed by atoms with van der Waals surface area (Å²) in [6.45, 7) is 8.38. The van der Waals surface area contributed by atoms with Gasteiger partial charge in [0.05, 0.1) is 0 Å². The molecule has 5 heteroatoms. The van der Waals surface area contributed by atoms with Crippen LogP contribution >= 0.6 is 0 Å². The Balaban J connectivity index is 1.85. The van der Waals surface area contributed by atoms with E-state index in [9.17, 15) is 4.79 Å². The summed E-state index contributed by atoms with van der Waals surface area (Å²) in [4.78, 5) is 17.4. The lowest BCUT2D eigenvalue weighted by atomic mass is 9.81. The molecule has 1 aliphatic carbocycles. The summed E-state index contributed by atoms with van der Waals surface area (Å²) in [7, 11) is 0. The summed E-state index contributed by atoms with van der Waals surface area (Å²) in [6, 6.07) is 8.38. The van der Waals surface area contributed by atoms with Crippen molar-refractivity contribution in [3.63, 3.8) is 0 Å². The molecule has 0 spiro atoms. The number of benzene rings is 1. The Kier molecular flexibility index (Phi) is 3.74. The highest BCUT2D eigenvalue weighted by molar-refractivity contribution is 5.99. The molecule has 0 saturated heterocycles. The third-order valence-corrected chi connectivity index (χ3v) is 5.15. The summed E-state index contributed by atoms with van der Waals surface area (Å²) >= 11 is 0. The number of hydrogen-bond acceptors (Lipinski definition) is 4. The Hall–Kier alpha value is -2.43. The topological polar surface area (TPSA) is 59.8 Å². The molecule has 1 aliphatic heterocycles. The first kappa shape index (κ1) is 16.1. The number of aryl methyl sites for hydroxylation is 1. The van der Waals surface area contributed by atoms with Crippen LogP contribution in [0.15, 0.2) is 35.5 Å². The van der Waals surface area contributed by atoms with E-state index in [-0.39, 0.29) is 11.8 Å². The van der Waals surface area contributed by atoms with Gasteiger partial charge < -0.3 is 5.32 Å². The van der Waals surface area contributed by atoms with Gasteiger partial charge in [0.25, 0.3) is 0 Å². The number of rotatable bonds is 2. The molecule has 2 aromatic rings. The van der Waals surface area contributed by atoms with E-state index in [1.807, 2.05) is 11.6 Å². The molecule has 0 bridgehead atoms. The molecule has 5 nitrogen and oxygen atoms in total. The molecule has 130 valence electrons. The lowest BCUT2D eigenvalue weighted by molar-refractivity contribution is -0.117.